The van der Waals surface area contributed by atoms with Gasteiger partial charge < -0.3 is 0 Å². The standard InChI is InChI=1S/C25H19Cl/c26-24-12-6-7-19(17-24)13-16-25(21-9-2-1-3-10-21)23-15-14-20-8-4-5-11-22(20)18-23/h1-12,14-18H,13H2/b25-16-. The van der Waals surface area contributed by atoms with Crippen LogP contribution in [0.4, 0.5) is 0 Å². The van der Waals surface area contributed by atoms with Gasteiger partial charge in [0.1, 0.15) is 0 Å². The second kappa shape index (κ2) is 7.59. The summed E-state index contributed by atoms with van der Waals surface area (Å²) in [7, 11) is 0. The molecule has 4 rings (SSSR count). The summed E-state index contributed by atoms with van der Waals surface area (Å²) >= 11 is 6.14. The number of hydrogen-bond acceptors (Lipinski definition) is 0. The summed E-state index contributed by atoms with van der Waals surface area (Å²) in [6, 6.07) is 33.8. The predicted molar refractivity (Wildman–Crippen MR) is 113 cm³/mol. The van der Waals surface area contributed by atoms with Crippen LogP contribution in [0.3, 0.4) is 0 Å². The number of allylic oxidation sites excluding steroid dienone is 1. The van der Waals surface area contributed by atoms with Crippen molar-refractivity contribution in [3.8, 4) is 0 Å². The molecule has 126 valence electrons. The number of halogens is 1. The Morgan fingerprint density at radius 3 is 2.23 bits per heavy atom. The minimum atomic E-state index is 0.780. The zero-order valence-corrected chi connectivity index (χ0v) is 15.2. The summed E-state index contributed by atoms with van der Waals surface area (Å²) < 4.78 is 0. The summed E-state index contributed by atoms with van der Waals surface area (Å²) in [4.78, 5) is 0. The molecule has 0 aromatic heterocycles. The molecule has 0 spiro atoms. The molecule has 4 aromatic rings. The number of hydrogen-bond donors (Lipinski definition) is 0. The fourth-order valence-corrected chi connectivity index (χ4v) is 3.47. The first-order chi connectivity index (χ1) is 12.8. The van der Waals surface area contributed by atoms with Crippen LogP contribution >= 0.6 is 11.6 Å². The average molecular weight is 355 g/mol. The van der Waals surface area contributed by atoms with E-state index in [1.54, 1.807) is 0 Å². The van der Waals surface area contributed by atoms with Crippen molar-refractivity contribution in [3.05, 3.63) is 125 Å². The Morgan fingerprint density at radius 2 is 1.42 bits per heavy atom. The first-order valence-electron chi connectivity index (χ1n) is 8.79. The molecule has 0 radical (unpaired) electrons. The highest BCUT2D eigenvalue weighted by Crippen LogP contribution is 2.27. The second-order valence-corrected chi connectivity index (χ2v) is 6.82. The average Bonchev–Trinajstić information content (AvgIpc) is 2.69. The molecule has 0 heterocycles. The number of fused-ring (bicyclic) bond motifs is 1. The van der Waals surface area contributed by atoms with Gasteiger partial charge in [0, 0.05) is 5.02 Å². The molecule has 26 heavy (non-hydrogen) atoms. The van der Waals surface area contributed by atoms with Crippen LogP contribution in [0.5, 0.6) is 0 Å². The Kier molecular flexibility index (Phi) is 4.86. The van der Waals surface area contributed by atoms with E-state index in [2.05, 4.69) is 84.9 Å². The highest BCUT2D eigenvalue weighted by molar-refractivity contribution is 6.30. The Hall–Kier alpha value is -2.83. The van der Waals surface area contributed by atoms with Gasteiger partial charge in [0.2, 0.25) is 0 Å². The summed E-state index contributed by atoms with van der Waals surface area (Å²) in [5, 5.41) is 3.30. The lowest BCUT2D eigenvalue weighted by Crippen LogP contribution is -1.91. The first kappa shape index (κ1) is 16.6. The van der Waals surface area contributed by atoms with Crippen molar-refractivity contribution in [2.24, 2.45) is 0 Å². The highest BCUT2D eigenvalue weighted by atomic mass is 35.5. The van der Waals surface area contributed by atoms with Gasteiger partial charge in [-0.25, -0.2) is 0 Å². The third kappa shape index (κ3) is 3.71. The molecule has 1 heteroatoms. The molecule has 0 unspecified atom stereocenters. The Balaban J connectivity index is 1.78. The molecule has 0 N–H and O–H groups in total. The molecule has 4 aromatic carbocycles. The van der Waals surface area contributed by atoms with Gasteiger partial charge in [0.15, 0.2) is 0 Å². The Labute approximate surface area is 159 Å². The van der Waals surface area contributed by atoms with Crippen LogP contribution in [0.15, 0.2) is 103 Å². The van der Waals surface area contributed by atoms with Gasteiger partial charge in [0.25, 0.3) is 0 Å². The van der Waals surface area contributed by atoms with E-state index in [1.165, 1.54) is 33.0 Å². The minimum Gasteiger partial charge on any atom is -0.0843 e. The minimum absolute atomic E-state index is 0.780. The fraction of sp³-hybridized carbons (Fsp3) is 0.0400. The Bertz CT molecular complexity index is 1060. The van der Waals surface area contributed by atoms with Crippen LogP contribution in [0.25, 0.3) is 16.3 Å². The van der Waals surface area contributed by atoms with E-state index in [-0.39, 0.29) is 0 Å². The van der Waals surface area contributed by atoms with Crippen molar-refractivity contribution in [3.63, 3.8) is 0 Å². The molecule has 0 saturated carbocycles. The van der Waals surface area contributed by atoms with Gasteiger partial charge in [-0.05, 0) is 57.7 Å². The van der Waals surface area contributed by atoms with E-state index in [4.69, 9.17) is 11.6 Å². The van der Waals surface area contributed by atoms with E-state index >= 15 is 0 Å². The van der Waals surface area contributed by atoms with Crippen LogP contribution in [0.2, 0.25) is 5.02 Å². The monoisotopic (exact) mass is 354 g/mol. The van der Waals surface area contributed by atoms with E-state index in [1.807, 2.05) is 18.2 Å². The number of benzene rings is 4. The molecule has 0 atom stereocenters. The van der Waals surface area contributed by atoms with E-state index in [0.29, 0.717) is 0 Å². The maximum atomic E-state index is 6.14. The quantitative estimate of drug-likeness (QED) is 0.364. The van der Waals surface area contributed by atoms with Crippen molar-refractivity contribution in [2.75, 3.05) is 0 Å². The lowest BCUT2D eigenvalue weighted by Gasteiger charge is -2.11. The van der Waals surface area contributed by atoms with Crippen molar-refractivity contribution in [2.45, 2.75) is 6.42 Å². The first-order valence-corrected chi connectivity index (χ1v) is 9.16. The summed E-state index contributed by atoms with van der Waals surface area (Å²) in [5.74, 6) is 0. The molecular formula is C25H19Cl. The summed E-state index contributed by atoms with van der Waals surface area (Å²) in [5.41, 5.74) is 4.92. The van der Waals surface area contributed by atoms with Crippen molar-refractivity contribution in [1.82, 2.24) is 0 Å². The lowest BCUT2D eigenvalue weighted by atomic mass is 9.94. The fourth-order valence-electron chi connectivity index (χ4n) is 3.26. The Morgan fingerprint density at radius 1 is 0.654 bits per heavy atom. The molecule has 0 saturated heterocycles. The van der Waals surface area contributed by atoms with Crippen molar-refractivity contribution >= 4 is 27.9 Å². The molecule has 0 nitrogen and oxygen atoms in total. The van der Waals surface area contributed by atoms with Crippen molar-refractivity contribution < 1.29 is 0 Å². The van der Waals surface area contributed by atoms with E-state index < -0.39 is 0 Å². The largest absolute Gasteiger partial charge is 0.0843 e. The molecule has 0 aliphatic carbocycles. The number of rotatable bonds is 4. The summed E-state index contributed by atoms with van der Waals surface area (Å²) in [6.07, 6.45) is 3.14. The van der Waals surface area contributed by atoms with Crippen LogP contribution in [0.1, 0.15) is 16.7 Å². The summed E-state index contributed by atoms with van der Waals surface area (Å²) in [6.45, 7) is 0. The zero-order chi connectivity index (χ0) is 17.8. The SMILES string of the molecule is Clc1cccc(C/C=C(/c2ccccc2)c2ccc3ccccc3c2)c1. The maximum Gasteiger partial charge on any atom is 0.0408 e. The topological polar surface area (TPSA) is 0 Å². The zero-order valence-electron chi connectivity index (χ0n) is 14.4. The molecule has 0 bridgehead atoms. The van der Waals surface area contributed by atoms with Crippen LogP contribution in [-0.4, -0.2) is 0 Å². The normalized spacial score (nSPS) is 11.7. The predicted octanol–water partition coefficient (Wildman–Crippen LogP) is 7.17. The van der Waals surface area contributed by atoms with Gasteiger partial charge in [-0.3, -0.25) is 0 Å². The van der Waals surface area contributed by atoms with Gasteiger partial charge in [0.05, 0.1) is 0 Å². The van der Waals surface area contributed by atoms with Gasteiger partial charge in [-0.2, -0.15) is 0 Å². The second-order valence-electron chi connectivity index (χ2n) is 6.38. The lowest BCUT2D eigenvalue weighted by molar-refractivity contribution is 1.27. The molecule has 0 fully saturated rings. The maximum absolute atomic E-state index is 6.14. The van der Waals surface area contributed by atoms with E-state index in [9.17, 15) is 0 Å². The van der Waals surface area contributed by atoms with Crippen LogP contribution < -0.4 is 0 Å². The van der Waals surface area contributed by atoms with Crippen LogP contribution in [0, 0.1) is 0 Å². The smallest absolute Gasteiger partial charge is 0.0408 e. The molecule has 0 aliphatic rings. The van der Waals surface area contributed by atoms with Crippen LogP contribution in [-0.2, 0) is 6.42 Å². The molecule has 0 aliphatic heterocycles. The molecular weight excluding hydrogens is 336 g/mol. The molecule has 0 amide bonds. The van der Waals surface area contributed by atoms with E-state index in [0.717, 1.165) is 11.4 Å². The third-order valence-corrected chi connectivity index (χ3v) is 4.81. The third-order valence-electron chi connectivity index (χ3n) is 4.58. The van der Waals surface area contributed by atoms with Crippen molar-refractivity contribution in [1.29, 1.82) is 0 Å². The van der Waals surface area contributed by atoms with Gasteiger partial charge in [-0.15, -0.1) is 0 Å². The van der Waals surface area contributed by atoms with Gasteiger partial charge in [-0.1, -0.05) is 96.5 Å². The van der Waals surface area contributed by atoms with Gasteiger partial charge >= 0.3 is 0 Å². The highest BCUT2D eigenvalue weighted by Gasteiger charge is 2.06.